The summed E-state index contributed by atoms with van der Waals surface area (Å²) in [7, 11) is 0. The maximum Gasteiger partial charge on any atom is 0.172 e. The summed E-state index contributed by atoms with van der Waals surface area (Å²) in [6, 6.07) is 12.3. The molecule has 0 aliphatic heterocycles. The largest absolute Gasteiger partial charge is 0.381 e. The number of para-hydroxylation sites is 2. The second-order valence-electron chi connectivity index (χ2n) is 5.22. The van der Waals surface area contributed by atoms with Gasteiger partial charge >= 0.3 is 0 Å². The van der Waals surface area contributed by atoms with E-state index in [1.807, 2.05) is 24.3 Å². The highest BCUT2D eigenvalue weighted by Crippen LogP contribution is 2.26. The molecule has 0 spiro atoms. The molecule has 3 rings (SSSR count). The first-order valence-corrected chi connectivity index (χ1v) is 7.84. The monoisotopic (exact) mass is 298 g/mol. The van der Waals surface area contributed by atoms with Crippen LogP contribution in [0.5, 0.6) is 0 Å². The fourth-order valence-electron chi connectivity index (χ4n) is 2.29. The van der Waals surface area contributed by atoms with E-state index in [0.29, 0.717) is 11.9 Å². The minimum atomic E-state index is 0.296. The van der Waals surface area contributed by atoms with Gasteiger partial charge in [0.05, 0.1) is 17.6 Å². The van der Waals surface area contributed by atoms with Crippen LogP contribution in [0.4, 0.5) is 11.6 Å². The molecule has 0 unspecified atom stereocenters. The first-order chi connectivity index (χ1) is 10.1. The van der Waals surface area contributed by atoms with Crippen LogP contribution >= 0.6 is 11.3 Å². The van der Waals surface area contributed by atoms with Gasteiger partial charge in [-0.1, -0.05) is 18.2 Å². The summed E-state index contributed by atoms with van der Waals surface area (Å²) in [6.45, 7) is 5.08. The molecule has 2 heterocycles. The molecule has 0 aliphatic carbocycles. The van der Waals surface area contributed by atoms with E-state index in [-0.39, 0.29) is 0 Å². The van der Waals surface area contributed by atoms with Gasteiger partial charge in [-0.2, -0.15) is 0 Å². The number of rotatable bonds is 4. The van der Waals surface area contributed by atoms with Crippen molar-refractivity contribution in [3.63, 3.8) is 0 Å². The van der Waals surface area contributed by atoms with Crippen molar-refractivity contribution >= 4 is 34.0 Å². The molecule has 0 aliphatic rings. The van der Waals surface area contributed by atoms with E-state index >= 15 is 0 Å². The third-order valence-electron chi connectivity index (χ3n) is 3.38. The van der Waals surface area contributed by atoms with Gasteiger partial charge < -0.3 is 10.6 Å². The van der Waals surface area contributed by atoms with Crippen LogP contribution < -0.4 is 10.6 Å². The maximum absolute atomic E-state index is 6.14. The van der Waals surface area contributed by atoms with Crippen molar-refractivity contribution in [2.24, 2.45) is 0 Å². The van der Waals surface area contributed by atoms with Crippen LogP contribution in [0.1, 0.15) is 18.7 Å². The molecule has 0 amide bonds. The van der Waals surface area contributed by atoms with E-state index in [1.54, 1.807) is 11.3 Å². The molecule has 0 radical (unpaired) electrons. The molecular weight excluding hydrogens is 280 g/mol. The minimum Gasteiger partial charge on any atom is -0.381 e. The molecule has 21 heavy (non-hydrogen) atoms. The molecule has 3 aromatic rings. The summed E-state index contributed by atoms with van der Waals surface area (Å²) in [6.07, 6.45) is 0. The van der Waals surface area contributed by atoms with Crippen molar-refractivity contribution in [1.29, 1.82) is 0 Å². The molecule has 2 aromatic heterocycles. The fourth-order valence-corrected chi connectivity index (χ4v) is 2.99. The van der Waals surface area contributed by atoms with Crippen LogP contribution in [0.3, 0.4) is 0 Å². The lowest BCUT2D eigenvalue weighted by molar-refractivity contribution is 0.678. The Balaban J connectivity index is 2.04. The van der Waals surface area contributed by atoms with Crippen molar-refractivity contribution in [2.75, 3.05) is 10.6 Å². The van der Waals surface area contributed by atoms with E-state index in [4.69, 9.17) is 10.7 Å². The van der Waals surface area contributed by atoms with E-state index in [0.717, 1.165) is 23.4 Å². The lowest BCUT2D eigenvalue weighted by atomic mass is 10.2. The van der Waals surface area contributed by atoms with Crippen LogP contribution in [0.25, 0.3) is 11.0 Å². The molecule has 0 fully saturated rings. The van der Waals surface area contributed by atoms with Crippen LogP contribution in [0.15, 0.2) is 41.8 Å². The zero-order chi connectivity index (χ0) is 14.8. The molecule has 0 saturated heterocycles. The number of anilines is 2. The Morgan fingerprint density at radius 2 is 1.81 bits per heavy atom. The topological polar surface area (TPSA) is 55.0 Å². The van der Waals surface area contributed by atoms with Gasteiger partial charge in [0.25, 0.3) is 0 Å². The van der Waals surface area contributed by atoms with Crippen molar-refractivity contribution in [1.82, 2.24) is 9.97 Å². The van der Waals surface area contributed by atoms with Crippen molar-refractivity contribution in [2.45, 2.75) is 26.4 Å². The SMILES string of the molecule is CC(C)N(Cc1cccs1)c1nc2ccccc2nc1N. The Morgan fingerprint density at radius 1 is 1.10 bits per heavy atom. The predicted octanol–water partition coefficient (Wildman–Crippen LogP) is 3.69. The van der Waals surface area contributed by atoms with Crippen molar-refractivity contribution in [3.05, 3.63) is 46.7 Å². The van der Waals surface area contributed by atoms with Gasteiger partial charge in [-0.25, -0.2) is 9.97 Å². The molecule has 2 N–H and O–H groups in total. The van der Waals surface area contributed by atoms with Gasteiger partial charge in [-0.05, 0) is 37.4 Å². The second-order valence-corrected chi connectivity index (χ2v) is 6.25. The Bertz CT molecular complexity index is 737. The predicted molar refractivity (Wildman–Crippen MR) is 89.6 cm³/mol. The average Bonchev–Trinajstić information content (AvgIpc) is 2.97. The quantitative estimate of drug-likeness (QED) is 0.798. The summed E-state index contributed by atoms with van der Waals surface area (Å²) in [4.78, 5) is 12.7. The molecule has 5 heteroatoms. The van der Waals surface area contributed by atoms with Crippen LogP contribution in [-0.2, 0) is 6.54 Å². The molecule has 108 valence electrons. The lowest BCUT2D eigenvalue weighted by Gasteiger charge is -2.28. The summed E-state index contributed by atoms with van der Waals surface area (Å²) in [5.41, 5.74) is 7.85. The summed E-state index contributed by atoms with van der Waals surface area (Å²) >= 11 is 1.74. The highest BCUT2D eigenvalue weighted by Gasteiger charge is 2.17. The number of nitrogens with zero attached hydrogens (tertiary/aromatic N) is 3. The Kier molecular flexibility index (Phi) is 3.75. The molecule has 0 saturated carbocycles. The van der Waals surface area contributed by atoms with Crippen LogP contribution in [0, 0.1) is 0 Å². The third-order valence-corrected chi connectivity index (χ3v) is 4.24. The summed E-state index contributed by atoms with van der Waals surface area (Å²) in [5, 5.41) is 2.09. The number of nitrogens with two attached hydrogens (primary N) is 1. The zero-order valence-corrected chi connectivity index (χ0v) is 13.0. The Labute approximate surface area is 128 Å². The summed E-state index contributed by atoms with van der Waals surface area (Å²) in [5.74, 6) is 1.25. The molecule has 0 bridgehead atoms. The fraction of sp³-hybridized carbons (Fsp3) is 0.250. The molecule has 0 atom stereocenters. The first-order valence-electron chi connectivity index (χ1n) is 6.96. The van der Waals surface area contributed by atoms with Crippen LogP contribution in [0.2, 0.25) is 0 Å². The van der Waals surface area contributed by atoms with E-state index < -0.39 is 0 Å². The summed E-state index contributed by atoms with van der Waals surface area (Å²) < 4.78 is 0. The lowest BCUT2D eigenvalue weighted by Crippen LogP contribution is -2.31. The normalized spacial score (nSPS) is 11.2. The number of thiophene rings is 1. The van der Waals surface area contributed by atoms with E-state index in [9.17, 15) is 0 Å². The Hall–Kier alpha value is -2.14. The molecule has 4 nitrogen and oxygen atoms in total. The second kappa shape index (κ2) is 5.69. The number of hydrogen-bond donors (Lipinski definition) is 1. The third kappa shape index (κ3) is 2.83. The van der Waals surface area contributed by atoms with E-state index in [2.05, 4.69) is 41.2 Å². The number of aromatic nitrogens is 2. The van der Waals surface area contributed by atoms with Gasteiger partial charge in [0.1, 0.15) is 0 Å². The zero-order valence-electron chi connectivity index (χ0n) is 12.2. The van der Waals surface area contributed by atoms with E-state index in [1.165, 1.54) is 4.88 Å². The number of nitrogen functional groups attached to an aromatic ring is 1. The van der Waals surface area contributed by atoms with Gasteiger partial charge in [-0.3, -0.25) is 0 Å². The first kappa shape index (κ1) is 13.8. The smallest absolute Gasteiger partial charge is 0.172 e. The maximum atomic E-state index is 6.14. The van der Waals surface area contributed by atoms with Crippen molar-refractivity contribution < 1.29 is 0 Å². The molecular formula is C16H18N4S. The van der Waals surface area contributed by atoms with Gasteiger partial charge in [0, 0.05) is 10.9 Å². The van der Waals surface area contributed by atoms with Gasteiger partial charge in [0.2, 0.25) is 0 Å². The molecule has 1 aromatic carbocycles. The Morgan fingerprint density at radius 3 is 2.43 bits per heavy atom. The number of hydrogen-bond acceptors (Lipinski definition) is 5. The highest BCUT2D eigenvalue weighted by molar-refractivity contribution is 7.09. The van der Waals surface area contributed by atoms with Gasteiger partial charge in [-0.15, -0.1) is 11.3 Å². The number of fused-ring (bicyclic) bond motifs is 1. The van der Waals surface area contributed by atoms with Crippen molar-refractivity contribution in [3.8, 4) is 0 Å². The minimum absolute atomic E-state index is 0.296. The average molecular weight is 298 g/mol. The number of benzene rings is 1. The van der Waals surface area contributed by atoms with Gasteiger partial charge in [0.15, 0.2) is 11.6 Å². The van der Waals surface area contributed by atoms with Crippen LogP contribution in [-0.4, -0.2) is 16.0 Å². The highest BCUT2D eigenvalue weighted by atomic mass is 32.1. The standard InChI is InChI=1S/C16H18N4S/c1-11(2)20(10-12-6-5-9-21-12)16-15(17)18-13-7-3-4-8-14(13)19-16/h3-9,11H,10H2,1-2H3,(H2,17,18).